The lowest BCUT2D eigenvalue weighted by Gasteiger charge is -2.24. The summed E-state index contributed by atoms with van der Waals surface area (Å²) in [5, 5.41) is 3.22. The SMILES string of the molecule is CC(C)C(CC(=O)NC1CCCC1CN)c1ccccc1. The van der Waals surface area contributed by atoms with E-state index in [1.54, 1.807) is 0 Å². The molecule has 0 bridgehead atoms. The summed E-state index contributed by atoms with van der Waals surface area (Å²) >= 11 is 0. The number of amides is 1. The van der Waals surface area contributed by atoms with Gasteiger partial charge < -0.3 is 11.1 Å². The van der Waals surface area contributed by atoms with Crippen LogP contribution in [0.1, 0.15) is 51.0 Å². The van der Waals surface area contributed by atoms with Crippen molar-refractivity contribution in [1.82, 2.24) is 5.32 Å². The predicted octanol–water partition coefficient (Wildman–Crippen LogP) is 3.06. The van der Waals surface area contributed by atoms with Crippen molar-refractivity contribution in [3.63, 3.8) is 0 Å². The largest absolute Gasteiger partial charge is 0.353 e. The minimum Gasteiger partial charge on any atom is -0.353 e. The zero-order valence-corrected chi connectivity index (χ0v) is 13.2. The van der Waals surface area contributed by atoms with Gasteiger partial charge in [-0.3, -0.25) is 4.79 Å². The number of carbonyl (C=O) groups excluding carboxylic acids is 1. The van der Waals surface area contributed by atoms with Crippen molar-refractivity contribution in [2.75, 3.05) is 6.54 Å². The van der Waals surface area contributed by atoms with E-state index in [0.29, 0.717) is 24.8 Å². The first-order valence-corrected chi connectivity index (χ1v) is 8.16. The number of nitrogens with two attached hydrogens (primary N) is 1. The lowest BCUT2D eigenvalue weighted by atomic mass is 9.85. The molecule has 1 aliphatic rings. The molecule has 1 aromatic rings. The van der Waals surface area contributed by atoms with Crippen molar-refractivity contribution in [2.24, 2.45) is 17.6 Å². The van der Waals surface area contributed by atoms with E-state index in [4.69, 9.17) is 5.73 Å². The Morgan fingerprint density at radius 3 is 2.62 bits per heavy atom. The maximum Gasteiger partial charge on any atom is 0.220 e. The molecule has 1 aliphatic carbocycles. The predicted molar refractivity (Wildman–Crippen MR) is 87.0 cm³/mol. The van der Waals surface area contributed by atoms with Crippen molar-refractivity contribution in [3.8, 4) is 0 Å². The number of hydrogen-bond donors (Lipinski definition) is 2. The third-order valence-corrected chi connectivity index (χ3v) is 4.75. The Hall–Kier alpha value is -1.35. The topological polar surface area (TPSA) is 55.1 Å². The monoisotopic (exact) mass is 288 g/mol. The highest BCUT2D eigenvalue weighted by Crippen LogP contribution is 2.29. The molecule has 0 saturated heterocycles. The van der Waals surface area contributed by atoms with Crippen molar-refractivity contribution >= 4 is 5.91 Å². The average molecular weight is 288 g/mol. The van der Waals surface area contributed by atoms with Crippen molar-refractivity contribution < 1.29 is 4.79 Å². The Labute approximate surface area is 128 Å². The fourth-order valence-electron chi connectivity index (χ4n) is 3.41. The van der Waals surface area contributed by atoms with Gasteiger partial charge in [0.25, 0.3) is 0 Å². The van der Waals surface area contributed by atoms with Gasteiger partial charge in [0.1, 0.15) is 0 Å². The van der Waals surface area contributed by atoms with Crippen LogP contribution in [0.2, 0.25) is 0 Å². The molecule has 1 saturated carbocycles. The molecule has 1 amide bonds. The van der Waals surface area contributed by atoms with Gasteiger partial charge in [-0.15, -0.1) is 0 Å². The molecule has 116 valence electrons. The molecule has 0 heterocycles. The summed E-state index contributed by atoms with van der Waals surface area (Å²) in [5.74, 6) is 1.36. The fraction of sp³-hybridized carbons (Fsp3) is 0.611. The van der Waals surface area contributed by atoms with Crippen LogP contribution in [-0.2, 0) is 4.79 Å². The van der Waals surface area contributed by atoms with E-state index < -0.39 is 0 Å². The van der Waals surface area contributed by atoms with Gasteiger partial charge in [0, 0.05) is 12.5 Å². The van der Waals surface area contributed by atoms with Crippen LogP contribution in [0.25, 0.3) is 0 Å². The second-order valence-electron chi connectivity index (χ2n) is 6.57. The van der Waals surface area contributed by atoms with Crippen LogP contribution >= 0.6 is 0 Å². The molecule has 1 fully saturated rings. The first-order chi connectivity index (χ1) is 10.1. The van der Waals surface area contributed by atoms with Crippen molar-refractivity contribution in [1.29, 1.82) is 0 Å². The molecule has 0 radical (unpaired) electrons. The standard InChI is InChI=1S/C18H28N2O/c1-13(2)16(14-7-4-3-5-8-14)11-18(21)20-17-10-6-9-15(17)12-19/h3-5,7-8,13,15-17H,6,9-12,19H2,1-2H3,(H,20,21). The lowest BCUT2D eigenvalue weighted by Crippen LogP contribution is -2.40. The molecular formula is C18H28N2O. The minimum absolute atomic E-state index is 0.169. The van der Waals surface area contributed by atoms with Gasteiger partial charge in [0.2, 0.25) is 5.91 Å². The molecule has 3 heteroatoms. The molecule has 0 aromatic heterocycles. The molecular weight excluding hydrogens is 260 g/mol. The molecule has 0 aliphatic heterocycles. The maximum atomic E-state index is 12.4. The van der Waals surface area contributed by atoms with Crippen LogP contribution in [0, 0.1) is 11.8 Å². The number of carbonyl (C=O) groups is 1. The molecule has 21 heavy (non-hydrogen) atoms. The molecule has 0 spiro atoms. The molecule has 2 rings (SSSR count). The van der Waals surface area contributed by atoms with E-state index in [-0.39, 0.29) is 17.9 Å². The second-order valence-corrected chi connectivity index (χ2v) is 6.57. The number of hydrogen-bond acceptors (Lipinski definition) is 2. The average Bonchev–Trinajstić information content (AvgIpc) is 2.92. The van der Waals surface area contributed by atoms with E-state index in [1.165, 1.54) is 12.0 Å². The summed E-state index contributed by atoms with van der Waals surface area (Å²) < 4.78 is 0. The zero-order chi connectivity index (χ0) is 15.2. The number of rotatable bonds is 6. The third kappa shape index (κ3) is 4.31. The van der Waals surface area contributed by atoms with Crippen LogP contribution < -0.4 is 11.1 Å². The van der Waals surface area contributed by atoms with E-state index in [2.05, 4.69) is 31.3 Å². The molecule has 1 aromatic carbocycles. The van der Waals surface area contributed by atoms with Crippen molar-refractivity contribution in [3.05, 3.63) is 35.9 Å². The van der Waals surface area contributed by atoms with Crippen LogP contribution in [0.15, 0.2) is 30.3 Å². The number of nitrogens with one attached hydrogen (secondary N) is 1. The van der Waals surface area contributed by atoms with Gasteiger partial charge in [-0.1, -0.05) is 50.6 Å². The van der Waals surface area contributed by atoms with Gasteiger partial charge >= 0.3 is 0 Å². The summed E-state index contributed by atoms with van der Waals surface area (Å²) in [7, 11) is 0. The minimum atomic E-state index is 0.169. The first-order valence-electron chi connectivity index (χ1n) is 8.16. The summed E-state index contributed by atoms with van der Waals surface area (Å²) in [5.41, 5.74) is 7.04. The zero-order valence-electron chi connectivity index (χ0n) is 13.2. The summed E-state index contributed by atoms with van der Waals surface area (Å²) in [6.07, 6.45) is 3.97. The Morgan fingerprint density at radius 2 is 2.00 bits per heavy atom. The molecule has 3 unspecified atom stereocenters. The van der Waals surface area contributed by atoms with Crippen LogP contribution in [-0.4, -0.2) is 18.5 Å². The normalized spacial score (nSPS) is 23.2. The first kappa shape index (κ1) is 16.0. The highest BCUT2D eigenvalue weighted by Gasteiger charge is 2.28. The highest BCUT2D eigenvalue weighted by atomic mass is 16.1. The summed E-state index contributed by atoms with van der Waals surface area (Å²) in [6, 6.07) is 10.6. The van der Waals surface area contributed by atoms with Gasteiger partial charge in [-0.25, -0.2) is 0 Å². The van der Waals surface area contributed by atoms with Gasteiger partial charge in [0.15, 0.2) is 0 Å². The van der Waals surface area contributed by atoms with Crippen LogP contribution in [0.3, 0.4) is 0 Å². The van der Waals surface area contributed by atoms with E-state index in [0.717, 1.165) is 12.8 Å². The molecule has 3 nitrogen and oxygen atoms in total. The Morgan fingerprint density at radius 1 is 1.29 bits per heavy atom. The Kier molecular flexibility index (Phi) is 5.80. The number of benzene rings is 1. The van der Waals surface area contributed by atoms with Crippen molar-refractivity contribution in [2.45, 2.75) is 51.5 Å². The van der Waals surface area contributed by atoms with E-state index >= 15 is 0 Å². The Balaban J connectivity index is 1.96. The Bertz CT molecular complexity index is 444. The third-order valence-electron chi connectivity index (χ3n) is 4.75. The van der Waals surface area contributed by atoms with E-state index in [1.807, 2.05) is 18.2 Å². The quantitative estimate of drug-likeness (QED) is 0.845. The van der Waals surface area contributed by atoms with Gasteiger partial charge in [-0.2, -0.15) is 0 Å². The summed E-state index contributed by atoms with van der Waals surface area (Å²) in [6.45, 7) is 5.05. The van der Waals surface area contributed by atoms with E-state index in [9.17, 15) is 4.79 Å². The molecule has 3 atom stereocenters. The van der Waals surface area contributed by atoms with Gasteiger partial charge in [-0.05, 0) is 42.7 Å². The second kappa shape index (κ2) is 7.60. The van der Waals surface area contributed by atoms with Crippen LogP contribution in [0.5, 0.6) is 0 Å². The van der Waals surface area contributed by atoms with Gasteiger partial charge in [0.05, 0.1) is 0 Å². The van der Waals surface area contributed by atoms with Crippen LogP contribution in [0.4, 0.5) is 0 Å². The fourth-order valence-corrected chi connectivity index (χ4v) is 3.41. The smallest absolute Gasteiger partial charge is 0.220 e. The summed E-state index contributed by atoms with van der Waals surface area (Å²) in [4.78, 5) is 12.4. The lowest BCUT2D eigenvalue weighted by molar-refractivity contribution is -0.122. The maximum absolute atomic E-state index is 12.4. The molecule has 3 N–H and O–H groups in total. The highest BCUT2D eigenvalue weighted by molar-refractivity contribution is 5.77.